The second kappa shape index (κ2) is 5.02. The molecule has 0 saturated carbocycles. The Morgan fingerprint density at radius 2 is 1.70 bits per heavy atom. The highest BCUT2D eigenvalue weighted by Crippen LogP contribution is 2.34. The topological polar surface area (TPSA) is 118 Å². The first kappa shape index (κ1) is 14.4. The summed E-state index contributed by atoms with van der Waals surface area (Å²) in [7, 11) is 0. The van der Waals surface area contributed by atoms with Crippen LogP contribution in [0.25, 0.3) is 0 Å². The van der Waals surface area contributed by atoms with Gasteiger partial charge in [0.05, 0.1) is 21.6 Å². The van der Waals surface area contributed by atoms with Crippen molar-refractivity contribution in [2.24, 2.45) is 0 Å². The Bertz CT molecular complexity index is 889. The standard InChI is InChI=1S/C15H8N2O6/c18-13-9-6-5-8(15(20)21)7-10(9)14(19)16(13)11-3-1-2-4-12(11)17(22)23/h1-7H,(H,20,21). The zero-order chi connectivity index (χ0) is 16.7. The number of nitro groups is 1. The first-order valence-electron chi connectivity index (χ1n) is 6.41. The molecule has 2 aromatic carbocycles. The number of fused-ring (bicyclic) bond motifs is 1. The van der Waals surface area contributed by atoms with Crippen molar-refractivity contribution >= 4 is 29.2 Å². The minimum absolute atomic E-state index is 0.0122. The van der Waals surface area contributed by atoms with Gasteiger partial charge in [-0.2, -0.15) is 0 Å². The van der Waals surface area contributed by atoms with Gasteiger partial charge in [0.15, 0.2) is 0 Å². The summed E-state index contributed by atoms with van der Waals surface area (Å²) in [5, 5.41) is 20.1. The third-order valence-corrected chi connectivity index (χ3v) is 3.45. The molecular formula is C15H8N2O6. The van der Waals surface area contributed by atoms with E-state index >= 15 is 0 Å². The summed E-state index contributed by atoms with van der Waals surface area (Å²) in [5.74, 6) is -2.75. The fourth-order valence-corrected chi connectivity index (χ4v) is 2.40. The number of hydrogen-bond donors (Lipinski definition) is 1. The molecule has 3 rings (SSSR count). The maximum atomic E-state index is 12.4. The van der Waals surface area contributed by atoms with Crippen LogP contribution in [0.5, 0.6) is 0 Å². The van der Waals surface area contributed by atoms with Crippen molar-refractivity contribution in [2.75, 3.05) is 4.90 Å². The molecule has 1 aliphatic heterocycles. The van der Waals surface area contributed by atoms with Gasteiger partial charge in [-0.1, -0.05) is 12.1 Å². The van der Waals surface area contributed by atoms with Crippen LogP contribution in [0.2, 0.25) is 0 Å². The number of carbonyl (C=O) groups is 3. The van der Waals surface area contributed by atoms with Crippen LogP contribution in [-0.2, 0) is 0 Å². The highest BCUT2D eigenvalue weighted by atomic mass is 16.6. The first-order chi connectivity index (χ1) is 10.9. The molecule has 1 heterocycles. The van der Waals surface area contributed by atoms with Gasteiger partial charge in [0.25, 0.3) is 17.5 Å². The van der Waals surface area contributed by atoms with Gasteiger partial charge in [-0.15, -0.1) is 0 Å². The number of anilines is 1. The number of carboxylic acids is 1. The van der Waals surface area contributed by atoms with Crippen molar-refractivity contribution < 1.29 is 24.4 Å². The number of carboxylic acid groups (broad SMARTS) is 1. The molecule has 0 fully saturated rings. The number of aromatic carboxylic acids is 1. The Morgan fingerprint density at radius 1 is 1.04 bits per heavy atom. The van der Waals surface area contributed by atoms with E-state index in [1.54, 1.807) is 0 Å². The van der Waals surface area contributed by atoms with E-state index in [-0.39, 0.29) is 28.1 Å². The van der Waals surface area contributed by atoms with Gasteiger partial charge in [0.1, 0.15) is 5.69 Å². The highest BCUT2D eigenvalue weighted by Gasteiger charge is 2.39. The molecule has 0 aliphatic carbocycles. The van der Waals surface area contributed by atoms with Gasteiger partial charge in [0, 0.05) is 6.07 Å². The van der Waals surface area contributed by atoms with Gasteiger partial charge in [-0.25, -0.2) is 9.69 Å². The Labute approximate surface area is 128 Å². The maximum absolute atomic E-state index is 12.4. The van der Waals surface area contributed by atoms with E-state index in [1.165, 1.54) is 36.4 Å². The van der Waals surface area contributed by atoms with E-state index in [9.17, 15) is 24.5 Å². The molecule has 0 aromatic heterocycles. The van der Waals surface area contributed by atoms with E-state index in [2.05, 4.69) is 0 Å². The zero-order valence-corrected chi connectivity index (χ0v) is 11.4. The van der Waals surface area contributed by atoms with E-state index in [0.29, 0.717) is 4.90 Å². The highest BCUT2D eigenvalue weighted by molar-refractivity contribution is 6.35. The molecule has 8 nitrogen and oxygen atoms in total. The lowest BCUT2D eigenvalue weighted by atomic mass is 10.1. The number of carbonyl (C=O) groups excluding carboxylic acids is 2. The Hall–Kier alpha value is -3.55. The van der Waals surface area contributed by atoms with Gasteiger partial charge in [-0.3, -0.25) is 19.7 Å². The molecule has 1 aliphatic rings. The summed E-state index contributed by atoms with van der Waals surface area (Å²) in [6, 6.07) is 8.88. The number of amides is 2. The van der Waals surface area contributed by atoms with Crippen molar-refractivity contribution in [3.8, 4) is 0 Å². The smallest absolute Gasteiger partial charge is 0.335 e. The average Bonchev–Trinajstić information content (AvgIpc) is 2.78. The lowest BCUT2D eigenvalue weighted by Crippen LogP contribution is -2.30. The van der Waals surface area contributed by atoms with Gasteiger partial charge >= 0.3 is 5.97 Å². The van der Waals surface area contributed by atoms with Crippen molar-refractivity contribution in [3.63, 3.8) is 0 Å². The van der Waals surface area contributed by atoms with Crippen LogP contribution >= 0.6 is 0 Å². The fraction of sp³-hybridized carbons (Fsp3) is 0. The third kappa shape index (κ3) is 2.13. The van der Waals surface area contributed by atoms with Crippen molar-refractivity contribution in [1.82, 2.24) is 0 Å². The third-order valence-electron chi connectivity index (χ3n) is 3.45. The number of nitrogens with zero attached hydrogens (tertiary/aromatic N) is 2. The summed E-state index contributed by atoms with van der Waals surface area (Å²) in [4.78, 5) is 46.9. The zero-order valence-electron chi connectivity index (χ0n) is 11.4. The monoisotopic (exact) mass is 312 g/mol. The summed E-state index contributed by atoms with van der Waals surface area (Å²) in [6.07, 6.45) is 0. The lowest BCUT2D eigenvalue weighted by molar-refractivity contribution is -0.384. The second-order valence-corrected chi connectivity index (χ2v) is 4.76. The Kier molecular flexibility index (Phi) is 3.14. The quantitative estimate of drug-likeness (QED) is 0.526. The van der Waals surface area contributed by atoms with E-state index in [4.69, 9.17) is 5.11 Å². The lowest BCUT2D eigenvalue weighted by Gasteiger charge is -2.13. The van der Waals surface area contributed by atoms with E-state index < -0.39 is 22.7 Å². The molecule has 0 unspecified atom stereocenters. The van der Waals surface area contributed by atoms with Crippen LogP contribution in [0.4, 0.5) is 11.4 Å². The van der Waals surface area contributed by atoms with Crippen molar-refractivity contribution in [1.29, 1.82) is 0 Å². The van der Waals surface area contributed by atoms with Gasteiger partial charge in [0.2, 0.25) is 0 Å². The van der Waals surface area contributed by atoms with E-state index in [0.717, 1.165) is 6.07 Å². The summed E-state index contributed by atoms with van der Waals surface area (Å²) < 4.78 is 0. The predicted molar refractivity (Wildman–Crippen MR) is 77.6 cm³/mol. The van der Waals surface area contributed by atoms with Crippen LogP contribution in [0, 0.1) is 10.1 Å². The number of rotatable bonds is 3. The van der Waals surface area contributed by atoms with Crippen molar-refractivity contribution in [2.45, 2.75) is 0 Å². The number of imide groups is 1. The summed E-state index contributed by atoms with van der Waals surface area (Å²) >= 11 is 0. The van der Waals surface area contributed by atoms with Crippen LogP contribution in [0.3, 0.4) is 0 Å². The normalized spacial score (nSPS) is 13.1. The molecule has 2 aromatic rings. The number of nitro benzene ring substituents is 1. The van der Waals surface area contributed by atoms with Gasteiger partial charge < -0.3 is 5.11 Å². The SMILES string of the molecule is O=C(O)c1ccc2c(c1)C(=O)N(c1ccccc1[N+](=O)[O-])C2=O. The first-order valence-corrected chi connectivity index (χ1v) is 6.41. The average molecular weight is 312 g/mol. The molecule has 0 saturated heterocycles. The maximum Gasteiger partial charge on any atom is 0.335 e. The van der Waals surface area contributed by atoms with Crippen LogP contribution in [0.15, 0.2) is 42.5 Å². The molecule has 1 N–H and O–H groups in total. The molecular weight excluding hydrogens is 304 g/mol. The van der Waals surface area contributed by atoms with E-state index in [1.807, 2.05) is 0 Å². The van der Waals surface area contributed by atoms with Crippen LogP contribution < -0.4 is 4.90 Å². The predicted octanol–water partition coefficient (Wildman–Crippen LogP) is 2.09. The Morgan fingerprint density at radius 3 is 2.35 bits per heavy atom. The molecule has 0 bridgehead atoms. The summed E-state index contributed by atoms with van der Waals surface area (Å²) in [5.41, 5.74) is -0.762. The molecule has 23 heavy (non-hydrogen) atoms. The second-order valence-electron chi connectivity index (χ2n) is 4.76. The molecule has 8 heteroatoms. The fourth-order valence-electron chi connectivity index (χ4n) is 2.40. The Balaban J connectivity index is 2.15. The minimum atomic E-state index is -1.24. The number of benzene rings is 2. The summed E-state index contributed by atoms with van der Waals surface area (Å²) in [6.45, 7) is 0. The number of hydrogen-bond acceptors (Lipinski definition) is 5. The molecule has 114 valence electrons. The molecule has 0 radical (unpaired) electrons. The molecule has 2 amide bonds. The van der Waals surface area contributed by atoms with Crippen LogP contribution in [-0.4, -0.2) is 27.8 Å². The largest absolute Gasteiger partial charge is 0.478 e. The van der Waals surface area contributed by atoms with Crippen molar-refractivity contribution in [3.05, 3.63) is 69.3 Å². The molecule has 0 atom stereocenters. The molecule has 0 spiro atoms. The number of para-hydroxylation sites is 2. The van der Waals surface area contributed by atoms with Crippen LogP contribution in [0.1, 0.15) is 31.1 Å². The van der Waals surface area contributed by atoms with Gasteiger partial charge in [-0.05, 0) is 24.3 Å². The minimum Gasteiger partial charge on any atom is -0.478 e.